The van der Waals surface area contributed by atoms with Gasteiger partial charge >= 0.3 is 0 Å². The molecule has 3 N–H and O–H groups in total. The molecule has 164 valence electrons. The number of aromatic nitrogens is 1. The number of ether oxygens (including phenoxy) is 1. The number of hydrogen-bond donors (Lipinski definition) is 3. The van der Waals surface area contributed by atoms with E-state index in [2.05, 4.69) is 32.7 Å². The Morgan fingerprint density at radius 3 is 2.81 bits per heavy atom. The molecule has 7 heteroatoms. The summed E-state index contributed by atoms with van der Waals surface area (Å²) in [6.07, 6.45) is 1.98. The second-order valence-corrected chi connectivity index (χ2v) is 8.31. The Labute approximate surface area is 187 Å². The van der Waals surface area contributed by atoms with E-state index in [-0.39, 0.29) is 11.5 Å². The number of benzene rings is 2. The lowest BCUT2D eigenvalue weighted by atomic mass is 10.0. The van der Waals surface area contributed by atoms with Crippen LogP contribution in [-0.4, -0.2) is 47.1 Å². The predicted molar refractivity (Wildman–Crippen MR) is 124 cm³/mol. The van der Waals surface area contributed by atoms with Crippen molar-refractivity contribution in [3.63, 3.8) is 0 Å². The van der Waals surface area contributed by atoms with E-state index in [1.807, 2.05) is 19.1 Å². The minimum absolute atomic E-state index is 0.00294. The van der Waals surface area contributed by atoms with Crippen molar-refractivity contribution in [3.8, 4) is 5.75 Å². The quantitative estimate of drug-likeness (QED) is 0.573. The van der Waals surface area contributed by atoms with Crippen molar-refractivity contribution in [1.82, 2.24) is 9.88 Å². The number of aryl methyl sites for hydroxylation is 1. The fraction of sp³-hybridized carbons (Fsp3) is 0.280. The molecule has 3 aromatic rings. The zero-order valence-electron chi connectivity index (χ0n) is 18.0. The summed E-state index contributed by atoms with van der Waals surface area (Å²) in [5, 5.41) is 16.5. The highest BCUT2D eigenvalue weighted by Crippen LogP contribution is 2.35. The summed E-state index contributed by atoms with van der Waals surface area (Å²) in [4.78, 5) is 20.1. The van der Waals surface area contributed by atoms with Gasteiger partial charge in [-0.3, -0.25) is 9.69 Å². The molecular formula is C25H26N4O3. The van der Waals surface area contributed by atoms with Gasteiger partial charge < -0.3 is 20.5 Å². The maximum absolute atomic E-state index is 13.3. The van der Waals surface area contributed by atoms with Gasteiger partial charge in [0, 0.05) is 49.7 Å². The molecule has 1 aromatic heterocycles. The molecule has 1 fully saturated rings. The number of carbonyl (C=O) groups excluding carboxylic acids is 1. The molecule has 0 amide bonds. The van der Waals surface area contributed by atoms with Gasteiger partial charge in [-0.05, 0) is 41.8 Å². The Kier molecular flexibility index (Phi) is 5.51. The van der Waals surface area contributed by atoms with Crippen LogP contribution in [0.4, 0.5) is 22.9 Å². The van der Waals surface area contributed by atoms with Gasteiger partial charge in [-0.1, -0.05) is 18.2 Å². The number of phenols is 1. The molecule has 0 atom stereocenters. The summed E-state index contributed by atoms with van der Waals surface area (Å²) >= 11 is 0. The predicted octanol–water partition coefficient (Wildman–Crippen LogP) is 4.15. The molecule has 0 radical (unpaired) electrons. The number of ketones is 1. The Bertz CT molecular complexity index is 1170. The molecule has 2 aliphatic heterocycles. The van der Waals surface area contributed by atoms with Crippen molar-refractivity contribution in [1.29, 1.82) is 0 Å². The van der Waals surface area contributed by atoms with Crippen LogP contribution in [0.2, 0.25) is 0 Å². The summed E-state index contributed by atoms with van der Waals surface area (Å²) in [6, 6.07) is 13.2. The number of aromatic hydroxyl groups is 1. The van der Waals surface area contributed by atoms with Crippen LogP contribution in [-0.2, 0) is 17.7 Å². The molecule has 2 aromatic carbocycles. The topological polar surface area (TPSA) is 86.7 Å². The number of Topliss-reactive ketones (excluding diaryl/α,β-unsaturated/α-hetero) is 1. The highest BCUT2D eigenvalue weighted by atomic mass is 16.5. The normalized spacial score (nSPS) is 16.0. The number of anilines is 4. The SMILES string of the molecule is Cc1ccc(O)cc1Nc1ccnc2c1C(=O)Cc1cc(CN3CCOCC3)ccc1N2. The van der Waals surface area contributed by atoms with Crippen molar-refractivity contribution in [2.75, 3.05) is 36.9 Å². The first-order valence-electron chi connectivity index (χ1n) is 10.8. The van der Waals surface area contributed by atoms with E-state index >= 15 is 0 Å². The summed E-state index contributed by atoms with van der Waals surface area (Å²) in [6.45, 7) is 6.17. The molecule has 0 spiro atoms. The van der Waals surface area contributed by atoms with E-state index in [0.29, 0.717) is 23.5 Å². The molecule has 3 heterocycles. The monoisotopic (exact) mass is 430 g/mol. The van der Waals surface area contributed by atoms with Crippen molar-refractivity contribution in [2.24, 2.45) is 0 Å². The first-order valence-corrected chi connectivity index (χ1v) is 10.8. The summed E-state index contributed by atoms with van der Waals surface area (Å²) in [5.74, 6) is 0.712. The van der Waals surface area contributed by atoms with Crippen LogP contribution in [0.25, 0.3) is 0 Å². The van der Waals surface area contributed by atoms with E-state index < -0.39 is 0 Å². The van der Waals surface area contributed by atoms with E-state index in [0.717, 1.165) is 55.3 Å². The number of phenolic OH excluding ortho intramolecular Hbond substituents is 1. The molecule has 5 rings (SSSR count). The van der Waals surface area contributed by atoms with E-state index in [4.69, 9.17) is 4.74 Å². The lowest BCUT2D eigenvalue weighted by Gasteiger charge is -2.26. The fourth-order valence-corrected chi connectivity index (χ4v) is 4.25. The Morgan fingerprint density at radius 1 is 1.12 bits per heavy atom. The number of pyridine rings is 1. The van der Waals surface area contributed by atoms with Crippen LogP contribution >= 0.6 is 0 Å². The second-order valence-electron chi connectivity index (χ2n) is 8.31. The van der Waals surface area contributed by atoms with Crippen LogP contribution in [0.15, 0.2) is 48.7 Å². The highest BCUT2D eigenvalue weighted by Gasteiger charge is 2.24. The molecule has 0 bridgehead atoms. The second kappa shape index (κ2) is 8.61. The van der Waals surface area contributed by atoms with Crippen LogP contribution in [0.5, 0.6) is 5.75 Å². The molecule has 1 saturated heterocycles. The van der Waals surface area contributed by atoms with E-state index in [1.165, 1.54) is 5.56 Å². The molecule has 2 aliphatic rings. The van der Waals surface area contributed by atoms with Gasteiger partial charge in [0.1, 0.15) is 11.6 Å². The average Bonchev–Trinajstić information content (AvgIpc) is 2.93. The van der Waals surface area contributed by atoms with Gasteiger partial charge in [-0.25, -0.2) is 4.98 Å². The molecule has 0 saturated carbocycles. The van der Waals surface area contributed by atoms with Gasteiger partial charge in [0.25, 0.3) is 0 Å². The minimum Gasteiger partial charge on any atom is -0.508 e. The van der Waals surface area contributed by atoms with Crippen molar-refractivity contribution >= 4 is 28.7 Å². The molecule has 0 unspecified atom stereocenters. The van der Waals surface area contributed by atoms with Crippen LogP contribution in [0, 0.1) is 6.92 Å². The first kappa shape index (κ1) is 20.5. The maximum atomic E-state index is 13.3. The van der Waals surface area contributed by atoms with Crippen molar-refractivity contribution in [2.45, 2.75) is 19.9 Å². The number of carbonyl (C=O) groups is 1. The first-order chi connectivity index (χ1) is 15.6. The number of fused-ring (bicyclic) bond motifs is 2. The lowest BCUT2D eigenvalue weighted by molar-refractivity contribution is 0.0342. The largest absolute Gasteiger partial charge is 0.508 e. The third kappa shape index (κ3) is 4.17. The fourth-order valence-electron chi connectivity index (χ4n) is 4.25. The van der Waals surface area contributed by atoms with Gasteiger partial charge in [0.05, 0.1) is 24.5 Å². The molecular weight excluding hydrogens is 404 g/mol. The van der Waals surface area contributed by atoms with Crippen LogP contribution < -0.4 is 10.6 Å². The Balaban J connectivity index is 1.43. The summed E-state index contributed by atoms with van der Waals surface area (Å²) in [5.41, 5.74) is 5.98. The average molecular weight is 431 g/mol. The number of hydrogen-bond acceptors (Lipinski definition) is 7. The maximum Gasteiger partial charge on any atom is 0.173 e. The van der Waals surface area contributed by atoms with Gasteiger partial charge in [-0.2, -0.15) is 0 Å². The molecule has 7 nitrogen and oxygen atoms in total. The number of nitrogens with one attached hydrogen (secondary N) is 2. The van der Waals surface area contributed by atoms with Crippen molar-refractivity contribution < 1.29 is 14.6 Å². The van der Waals surface area contributed by atoms with Gasteiger partial charge in [-0.15, -0.1) is 0 Å². The van der Waals surface area contributed by atoms with Crippen molar-refractivity contribution in [3.05, 3.63) is 70.9 Å². The minimum atomic E-state index is 0.00294. The number of rotatable bonds is 4. The zero-order chi connectivity index (χ0) is 22.1. The van der Waals surface area contributed by atoms with E-state index in [9.17, 15) is 9.90 Å². The standard InChI is InChI=1S/C25H26N4O3/c1-16-2-4-19(30)14-22(16)27-21-6-7-26-25-24(21)23(31)13-18-12-17(3-5-20(18)28-25)15-29-8-10-32-11-9-29/h2-7,12,14,30H,8-11,13,15H2,1H3,(H2,26,27,28). The van der Waals surface area contributed by atoms with E-state index in [1.54, 1.807) is 24.4 Å². The smallest absolute Gasteiger partial charge is 0.173 e. The highest BCUT2D eigenvalue weighted by molar-refractivity contribution is 6.09. The van der Waals surface area contributed by atoms with Crippen LogP contribution in [0.1, 0.15) is 27.0 Å². The third-order valence-electron chi connectivity index (χ3n) is 6.00. The zero-order valence-corrected chi connectivity index (χ0v) is 18.0. The van der Waals surface area contributed by atoms with Gasteiger partial charge in [0.15, 0.2) is 5.78 Å². The number of nitrogens with zero attached hydrogens (tertiary/aromatic N) is 2. The van der Waals surface area contributed by atoms with Crippen LogP contribution in [0.3, 0.4) is 0 Å². The Hall–Kier alpha value is -3.42. The summed E-state index contributed by atoms with van der Waals surface area (Å²) in [7, 11) is 0. The summed E-state index contributed by atoms with van der Waals surface area (Å²) < 4.78 is 5.44. The third-order valence-corrected chi connectivity index (χ3v) is 6.00. The Morgan fingerprint density at radius 2 is 1.97 bits per heavy atom. The lowest BCUT2D eigenvalue weighted by Crippen LogP contribution is -2.35. The number of morpholine rings is 1. The van der Waals surface area contributed by atoms with Gasteiger partial charge in [0.2, 0.25) is 0 Å². The molecule has 0 aliphatic carbocycles. The molecule has 32 heavy (non-hydrogen) atoms.